The van der Waals surface area contributed by atoms with Gasteiger partial charge in [-0.25, -0.2) is 4.68 Å². The lowest BCUT2D eigenvalue weighted by molar-refractivity contribution is -0.232. The van der Waals surface area contributed by atoms with Crippen molar-refractivity contribution in [3.05, 3.63) is 83.2 Å². The van der Waals surface area contributed by atoms with Crippen LogP contribution in [0.4, 0.5) is 0 Å². The molecule has 0 radical (unpaired) electrons. The molecule has 1 fully saturated rings. The Morgan fingerprint density at radius 1 is 0.903 bits per heavy atom. The molecule has 8 nitrogen and oxygen atoms in total. The van der Waals surface area contributed by atoms with E-state index in [-0.39, 0.29) is 6.61 Å². The van der Waals surface area contributed by atoms with E-state index in [9.17, 15) is 25.5 Å². The highest BCUT2D eigenvalue weighted by atomic mass is 16.5. The van der Waals surface area contributed by atoms with Gasteiger partial charge in [-0.3, -0.25) is 0 Å². The zero-order valence-corrected chi connectivity index (χ0v) is 16.8. The van der Waals surface area contributed by atoms with Gasteiger partial charge in [0.15, 0.2) is 0 Å². The average Bonchev–Trinajstić information content (AvgIpc) is 3.33. The van der Waals surface area contributed by atoms with E-state index in [0.717, 1.165) is 16.8 Å². The highest BCUT2D eigenvalue weighted by Crippen LogP contribution is 2.35. The third kappa shape index (κ3) is 4.40. The fourth-order valence-corrected chi connectivity index (χ4v) is 3.95. The number of rotatable bonds is 6. The smallest absolute Gasteiger partial charge is 0.113 e. The monoisotopic (exact) mass is 426 g/mol. The third-order valence-corrected chi connectivity index (χ3v) is 5.69. The topological polar surface area (TPSA) is 128 Å². The molecule has 164 valence electrons. The highest BCUT2D eigenvalue weighted by Gasteiger charge is 2.44. The maximum Gasteiger partial charge on any atom is 0.113 e. The molecule has 8 heteroatoms. The molecule has 0 spiro atoms. The Morgan fingerprint density at radius 2 is 1.65 bits per heavy atom. The van der Waals surface area contributed by atoms with Crippen LogP contribution in [0.15, 0.2) is 60.9 Å². The Morgan fingerprint density at radius 3 is 2.29 bits per heavy atom. The lowest BCUT2D eigenvalue weighted by atomic mass is 9.88. The predicted molar refractivity (Wildman–Crippen MR) is 111 cm³/mol. The zero-order valence-electron chi connectivity index (χ0n) is 16.8. The van der Waals surface area contributed by atoms with Gasteiger partial charge >= 0.3 is 0 Å². The van der Waals surface area contributed by atoms with Gasteiger partial charge in [0.25, 0.3) is 0 Å². The van der Waals surface area contributed by atoms with Gasteiger partial charge in [-0.05, 0) is 46.9 Å². The van der Waals surface area contributed by atoms with E-state index in [0.29, 0.717) is 17.5 Å². The van der Waals surface area contributed by atoms with Crippen LogP contribution in [0.5, 0.6) is 0 Å². The van der Waals surface area contributed by atoms with Crippen molar-refractivity contribution in [2.24, 2.45) is 0 Å². The fraction of sp³-hybridized carbons (Fsp3) is 0.348. The number of benzene rings is 2. The molecule has 1 aliphatic heterocycles. The average molecular weight is 426 g/mol. The number of aliphatic hydroxyl groups is 5. The summed E-state index contributed by atoms with van der Waals surface area (Å²) in [7, 11) is 0. The lowest BCUT2D eigenvalue weighted by Crippen LogP contribution is -2.55. The standard InChI is InChI=1S/C23H26N2O6/c26-12-16-5-2-15(10-14-3-6-17(7-4-14)25-9-1-8-24-25)11-18(16)23-22(30)21(29)20(28)19(13-27)31-23/h1-9,11,19-23,26-30H,10,12-13H2/t19-,20-,21+,22-,23+/m1/s1. The fourth-order valence-electron chi connectivity index (χ4n) is 3.95. The lowest BCUT2D eigenvalue weighted by Gasteiger charge is -2.40. The van der Waals surface area contributed by atoms with Gasteiger partial charge in [0.1, 0.15) is 30.5 Å². The molecule has 31 heavy (non-hydrogen) atoms. The molecular weight excluding hydrogens is 400 g/mol. The summed E-state index contributed by atoms with van der Waals surface area (Å²) in [6.45, 7) is -0.776. The van der Waals surface area contributed by atoms with Crippen molar-refractivity contribution < 1.29 is 30.3 Å². The summed E-state index contributed by atoms with van der Waals surface area (Å²) in [4.78, 5) is 0. The molecular formula is C23H26N2O6. The van der Waals surface area contributed by atoms with Gasteiger partial charge in [0.2, 0.25) is 0 Å². The van der Waals surface area contributed by atoms with Crippen molar-refractivity contribution in [2.75, 3.05) is 6.61 Å². The molecule has 5 atom stereocenters. The first-order valence-corrected chi connectivity index (χ1v) is 10.1. The van der Waals surface area contributed by atoms with Crippen LogP contribution in [0.1, 0.15) is 28.4 Å². The molecule has 3 aromatic rings. The summed E-state index contributed by atoms with van der Waals surface area (Å²) in [5, 5.41) is 54.1. The van der Waals surface area contributed by atoms with Crippen LogP contribution >= 0.6 is 0 Å². The van der Waals surface area contributed by atoms with E-state index in [2.05, 4.69) is 5.10 Å². The van der Waals surface area contributed by atoms with Crippen LogP contribution in [0.2, 0.25) is 0 Å². The number of nitrogens with zero attached hydrogens (tertiary/aromatic N) is 2. The number of hydrogen-bond acceptors (Lipinski definition) is 7. The van der Waals surface area contributed by atoms with E-state index in [1.165, 1.54) is 0 Å². The van der Waals surface area contributed by atoms with Gasteiger partial charge in [0.05, 0.1) is 18.9 Å². The van der Waals surface area contributed by atoms with Crippen molar-refractivity contribution in [3.63, 3.8) is 0 Å². The minimum absolute atomic E-state index is 0.275. The number of aliphatic hydroxyl groups excluding tert-OH is 5. The van der Waals surface area contributed by atoms with E-state index >= 15 is 0 Å². The van der Waals surface area contributed by atoms with Crippen LogP contribution in [-0.4, -0.2) is 66.3 Å². The highest BCUT2D eigenvalue weighted by molar-refractivity contribution is 5.39. The minimum atomic E-state index is -1.47. The first-order valence-electron chi connectivity index (χ1n) is 10.1. The SMILES string of the molecule is OCc1ccc(Cc2ccc(-n3cccn3)cc2)cc1[C@@H]1O[C@H](CO)[C@@H](O)[C@H](O)[C@H]1O. The van der Waals surface area contributed by atoms with Gasteiger partial charge in [-0.15, -0.1) is 0 Å². The van der Waals surface area contributed by atoms with Gasteiger partial charge in [-0.1, -0.05) is 30.3 Å². The Bertz CT molecular complexity index is 990. The molecule has 4 rings (SSSR count). The normalized spacial score (nSPS) is 26.2. The summed E-state index contributed by atoms with van der Waals surface area (Å²) < 4.78 is 7.47. The third-order valence-electron chi connectivity index (χ3n) is 5.69. The summed E-state index contributed by atoms with van der Waals surface area (Å²) in [6.07, 6.45) is -2.09. The zero-order chi connectivity index (χ0) is 22.0. The van der Waals surface area contributed by atoms with E-state index in [1.807, 2.05) is 48.7 Å². The van der Waals surface area contributed by atoms with Crippen LogP contribution in [-0.2, 0) is 17.8 Å². The van der Waals surface area contributed by atoms with Crippen LogP contribution in [0, 0.1) is 0 Å². The van der Waals surface area contributed by atoms with Crippen molar-refractivity contribution in [1.82, 2.24) is 9.78 Å². The number of aromatic nitrogens is 2. The van der Waals surface area contributed by atoms with E-state index in [4.69, 9.17) is 4.74 Å². The van der Waals surface area contributed by atoms with Crippen molar-refractivity contribution in [1.29, 1.82) is 0 Å². The Labute approximate surface area is 179 Å². The molecule has 0 amide bonds. The van der Waals surface area contributed by atoms with E-state index < -0.39 is 37.1 Å². The molecule has 2 aromatic carbocycles. The molecule has 1 aromatic heterocycles. The van der Waals surface area contributed by atoms with Crippen LogP contribution in [0.25, 0.3) is 5.69 Å². The maximum atomic E-state index is 10.5. The molecule has 5 N–H and O–H groups in total. The number of hydrogen-bond donors (Lipinski definition) is 5. The summed E-state index contributed by atoms with van der Waals surface area (Å²) >= 11 is 0. The minimum Gasteiger partial charge on any atom is -0.394 e. The van der Waals surface area contributed by atoms with Gasteiger partial charge in [-0.2, -0.15) is 5.10 Å². The van der Waals surface area contributed by atoms with Crippen LogP contribution in [0.3, 0.4) is 0 Å². The quantitative estimate of drug-likeness (QED) is 0.388. The van der Waals surface area contributed by atoms with Crippen LogP contribution < -0.4 is 0 Å². The first-order chi connectivity index (χ1) is 15.0. The summed E-state index contributed by atoms with van der Waals surface area (Å²) in [5.74, 6) is 0. The molecule has 0 unspecified atom stereocenters. The van der Waals surface area contributed by atoms with Crippen molar-refractivity contribution >= 4 is 0 Å². The largest absolute Gasteiger partial charge is 0.394 e. The van der Waals surface area contributed by atoms with Crippen molar-refractivity contribution in [3.8, 4) is 5.69 Å². The number of ether oxygens (including phenoxy) is 1. The Balaban J connectivity index is 1.59. The second-order valence-electron chi connectivity index (χ2n) is 7.73. The summed E-state index contributed by atoms with van der Waals surface area (Å²) in [6, 6.07) is 15.3. The van der Waals surface area contributed by atoms with Gasteiger partial charge in [0, 0.05) is 12.4 Å². The summed E-state index contributed by atoms with van der Waals surface area (Å²) in [5.41, 5.74) is 4.00. The second kappa shape index (κ2) is 9.27. The molecule has 1 aliphatic rings. The van der Waals surface area contributed by atoms with Crippen molar-refractivity contribution in [2.45, 2.75) is 43.5 Å². The maximum absolute atomic E-state index is 10.5. The molecule has 2 heterocycles. The Hall–Kier alpha value is -2.59. The van der Waals surface area contributed by atoms with E-state index in [1.54, 1.807) is 16.9 Å². The molecule has 0 bridgehead atoms. The first kappa shape index (κ1) is 21.6. The predicted octanol–water partition coefficient (Wildman–Crippen LogP) is 0.470. The van der Waals surface area contributed by atoms with Gasteiger partial charge < -0.3 is 30.3 Å². The molecule has 0 aliphatic carbocycles. The second-order valence-corrected chi connectivity index (χ2v) is 7.73. The molecule has 0 saturated carbocycles. The Kier molecular flexibility index (Phi) is 6.47. The molecule has 1 saturated heterocycles.